The minimum absolute atomic E-state index is 0.132. The zero-order valence-electron chi connectivity index (χ0n) is 11.6. The first-order valence-corrected chi connectivity index (χ1v) is 6.79. The van der Waals surface area contributed by atoms with E-state index in [0.717, 1.165) is 12.0 Å². The average Bonchev–Trinajstić information content (AvgIpc) is 2.83. The van der Waals surface area contributed by atoms with Crippen LogP contribution >= 0.6 is 0 Å². The van der Waals surface area contributed by atoms with Gasteiger partial charge in [-0.15, -0.1) is 0 Å². The number of nitrogens with two attached hydrogens (primary N) is 1. The van der Waals surface area contributed by atoms with Gasteiger partial charge in [-0.25, -0.2) is 4.79 Å². The van der Waals surface area contributed by atoms with Gasteiger partial charge in [0, 0.05) is 19.0 Å². The summed E-state index contributed by atoms with van der Waals surface area (Å²) in [5.74, 6) is -1.14. The van der Waals surface area contributed by atoms with Crippen molar-refractivity contribution in [3.63, 3.8) is 0 Å². The Kier molecular flexibility index (Phi) is 4.09. The summed E-state index contributed by atoms with van der Waals surface area (Å²) >= 11 is 0. The number of carboxylic acids is 1. The molecule has 3 N–H and O–H groups in total. The maximum absolute atomic E-state index is 12.3. The van der Waals surface area contributed by atoms with Crippen LogP contribution in [0, 0.1) is 0 Å². The standard InChI is InChI=1S/C15H20N2O3/c1-15(14(19)20)8-5-9-17(15)13(18)10-12(16)11-6-3-2-4-7-11/h2-4,6-7,12H,5,8-10,16H2,1H3,(H,19,20). The van der Waals surface area contributed by atoms with E-state index in [1.54, 1.807) is 6.92 Å². The van der Waals surface area contributed by atoms with Crippen LogP contribution in [0.4, 0.5) is 0 Å². The van der Waals surface area contributed by atoms with Crippen molar-refractivity contribution < 1.29 is 14.7 Å². The summed E-state index contributed by atoms with van der Waals surface area (Å²) in [7, 11) is 0. The summed E-state index contributed by atoms with van der Waals surface area (Å²) in [6.07, 6.45) is 1.34. The van der Waals surface area contributed by atoms with Crippen LogP contribution in [-0.4, -0.2) is 34.0 Å². The molecule has 1 aromatic carbocycles. The van der Waals surface area contributed by atoms with Crippen LogP contribution in [0.1, 0.15) is 37.8 Å². The number of rotatable bonds is 4. The number of likely N-dealkylation sites (tertiary alicyclic amines) is 1. The van der Waals surface area contributed by atoms with Crippen LogP contribution in [0.25, 0.3) is 0 Å². The molecule has 1 heterocycles. The van der Waals surface area contributed by atoms with Gasteiger partial charge in [0.15, 0.2) is 0 Å². The minimum Gasteiger partial charge on any atom is -0.480 e. The van der Waals surface area contributed by atoms with E-state index in [-0.39, 0.29) is 12.3 Å². The second-order valence-corrected chi connectivity index (χ2v) is 5.45. The van der Waals surface area contributed by atoms with Gasteiger partial charge in [-0.2, -0.15) is 0 Å². The van der Waals surface area contributed by atoms with E-state index in [4.69, 9.17) is 5.73 Å². The average molecular weight is 276 g/mol. The van der Waals surface area contributed by atoms with Gasteiger partial charge in [0.05, 0.1) is 0 Å². The second kappa shape index (κ2) is 5.63. The molecule has 0 aliphatic carbocycles. The SMILES string of the molecule is CC1(C(=O)O)CCCN1C(=O)CC(N)c1ccccc1. The van der Waals surface area contributed by atoms with Crippen molar-refractivity contribution in [2.45, 2.75) is 37.8 Å². The molecule has 1 fully saturated rings. The van der Waals surface area contributed by atoms with E-state index in [9.17, 15) is 14.7 Å². The second-order valence-electron chi connectivity index (χ2n) is 5.45. The van der Waals surface area contributed by atoms with Crippen molar-refractivity contribution in [3.8, 4) is 0 Å². The predicted molar refractivity (Wildman–Crippen MR) is 75.0 cm³/mol. The molecule has 0 bridgehead atoms. The number of carboxylic acid groups (broad SMARTS) is 1. The Morgan fingerprint density at radius 3 is 2.65 bits per heavy atom. The van der Waals surface area contributed by atoms with Gasteiger partial charge < -0.3 is 15.7 Å². The lowest BCUT2D eigenvalue weighted by Gasteiger charge is -2.32. The van der Waals surface area contributed by atoms with Crippen molar-refractivity contribution in [2.24, 2.45) is 5.73 Å². The molecule has 20 heavy (non-hydrogen) atoms. The topological polar surface area (TPSA) is 83.6 Å². The minimum atomic E-state index is -1.09. The maximum atomic E-state index is 12.3. The lowest BCUT2D eigenvalue weighted by Crippen LogP contribution is -2.51. The van der Waals surface area contributed by atoms with Crippen LogP contribution in [0.5, 0.6) is 0 Å². The summed E-state index contributed by atoms with van der Waals surface area (Å²) in [5.41, 5.74) is 5.83. The normalized spacial score (nSPS) is 23.6. The number of benzene rings is 1. The van der Waals surface area contributed by atoms with E-state index >= 15 is 0 Å². The molecule has 108 valence electrons. The first kappa shape index (κ1) is 14.5. The largest absolute Gasteiger partial charge is 0.480 e. The Labute approximate surface area is 118 Å². The molecule has 0 saturated carbocycles. The van der Waals surface area contributed by atoms with Crippen LogP contribution in [-0.2, 0) is 9.59 Å². The Bertz CT molecular complexity index is 503. The predicted octanol–water partition coefficient (Wildman–Crippen LogP) is 1.54. The highest BCUT2D eigenvalue weighted by Gasteiger charge is 2.45. The van der Waals surface area contributed by atoms with Crippen LogP contribution < -0.4 is 5.73 Å². The van der Waals surface area contributed by atoms with E-state index in [2.05, 4.69) is 0 Å². The fraction of sp³-hybridized carbons (Fsp3) is 0.467. The quantitative estimate of drug-likeness (QED) is 0.873. The monoisotopic (exact) mass is 276 g/mol. The van der Waals surface area contributed by atoms with Crippen LogP contribution in [0.3, 0.4) is 0 Å². The third-order valence-corrected chi connectivity index (χ3v) is 4.03. The number of nitrogens with zero attached hydrogens (tertiary/aromatic N) is 1. The smallest absolute Gasteiger partial charge is 0.329 e. The lowest BCUT2D eigenvalue weighted by atomic mass is 9.98. The third-order valence-electron chi connectivity index (χ3n) is 4.03. The van der Waals surface area contributed by atoms with E-state index < -0.39 is 17.6 Å². The molecule has 1 saturated heterocycles. The summed E-state index contributed by atoms with van der Waals surface area (Å²) in [6.45, 7) is 2.09. The van der Waals surface area contributed by atoms with Gasteiger partial charge >= 0.3 is 5.97 Å². The van der Waals surface area contributed by atoms with Crippen LogP contribution in [0.2, 0.25) is 0 Å². The molecule has 0 spiro atoms. The zero-order valence-corrected chi connectivity index (χ0v) is 11.6. The highest BCUT2D eigenvalue weighted by atomic mass is 16.4. The van der Waals surface area contributed by atoms with Crippen molar-refractivity contribution in [1.82, 2.24) is 4.90 Å². The Morgan fingerprint density at radius 1 is 1.40 bits per heavy atom. The Morgan fingerprint density at radius 2 is 2.05 bits per heavy atom. The summed E-state index contributed by atoms with van der Waals surface area (Å²) in [5, 5.41) is 9.32. The molecule has 1 aliphatic heterocycles. The molecular formula is C15H20N2O3. The molecule has 0 radical (unpaired) electrons. The van der Waals surface area contributed by atoms with Gasteiger partial charge in [0.25, 0.3) is 0 Å². The fourth-order valence-corrected chi connectivity index (χ4v) is 2.70. The summed E-state index contributed by atoms with van der Waals surface area (Å²) in [4.78, 5) is 25.2. The molecule has 2 atom stereocenters. The summed E-state index contributed by atoms with van der Waals surface area (Å²) < 4.78 is 0. The number of carbonyl (C=O) groups is 2. The van der Waals surface area contributed by atoms with Gasteiger partial charge in [0.1, 0.15) is 5.54 Å². The molecule has 5 nitrogen and oxygen atoms in total. The number of amides is 1. The van der Waals surface area contributed by atoms with Crippen molar-refractivity contribution in [1.29, 1.82) is 0 Å². The summed E-state index contributed by atoms with van der Waals surface area (Å²) in [6, 6.07) is 8.98. The number of hydrogen-bond donors (Lipinski definition) is 2. The highest BCUT2D eigenvalue weighted by Crippen LogP contribution is 2.30. The Balaban J connectivity index is 2.07. The lowest BCUT2D eigenvalue weighted by molar-refractivity contribution is -0.155. The number of carbonyl (C=O) groups excluding carboxylic acids is 1. The Hall–Kier alpha value is -1.88. The van der Waals surface area contributed by atoms with Gasteiger partial charge in [-0.05, 0) is 25.3 Å². The van der Waals surface area contributed by atoms with Crippen molar-refractivity contribution in [2.75, 3.05) is 6.54 Å². The molecule has 1 aliphatic rings. The van der Waals surface area contributed by atoms with E-state index in [0.29, 0.717) is 13.0 Å². The third kappa shape index (κ3) is 2.67. The molecular weight excluding hydrogens is 256 g/mol. The molecule has 1 amide bonds. The molecule has 0 aromatic heterocycles. The first-order valence-electron chi connectivity index (χ1n) is 6.79. The van der Waals surface area contributed by atoms with Crippen LogP contribution in [0.15, 0.2) is 30.3 Å². The van der Waals surface area contributed by atoms with Gasteiger partial charge in [-0.1, -0.05) is 30.3 Å². The van der Waals surface area contributed by atoms with Crippen molar-refractivity contribution in [3.05, 3.63) is 35.9 Å². The van der Waals surface area contributed by atoms with E-state index in [1.807, 2.05) is 30.3 Å². The maximum Gasteiger partial charge on any atom is 0.329 e. The molecule has 1 aromatic rings. The molecule has 5 heteroatoms. The van der Waals surface area contributed by atoms with Gasteiger partial charge in [-0.3, -0.25) is 4.79 Å². The van der Waals surface area contributed by atoms with Gasteiger partial charge in [0.2, 0.25) is 5.91 Å². The molecule has 2 rings (SSSR count). The number of aliphatic carboxylic acids is 1. The molecule has 2 unspecified atom stereocenters. The first-order chi connectivity index (χ1) is 9.45. The zero-order chi connectivity index (χ0) is 14.8. The number of hydrogen-bond acceptors (Lipinski definition) is 3. The van der Waals surface area contributed by atoms with E-state index in [1.165, 1.54) is 4.90 Å². The van der Waals surface area contributed by atoms with Crippen molar-refractivity contribution >= 4 is 11.9 Å². The highest BCUT2D eigenvalue weighted by molar-refractivity contribution is 5.87. The fourth-order valence-electron chi connectivity index (χ4n) is 2.70.